The number of methoxy groups -OCH3 is 1. The van der Waals surface area contributed by atoms with Crippen LogP contribution in [0.5, 0.6) is 5.75 Å². The first kappa shape index (κ1) is 18.5. The number of fused-ring (bicyclic) bond motifs is 1. The van der Waals surface area contributed by atoms with E-state index in [-0.39, 0.29) is 11.8 Å². The second-order valence-electron chi connectivity index (χ2n) is 6.39. The highest BCUT2D eigenvalue weighted by atomic mass is 32.2. The van der Waals surface area contributed by atoms with Crippen LogP contribution in [0.1, 0.15) is 18.2 Å². The van der Waals surface area contributed by atoms with Crippen LogP contribution < -0.4 is 9.46 Å². The largest absolute Gasteiger partial charge is 0.497 e. The zero-order valence-electron chi connectivity index (χ0n) is 14.9. The first-order valence-corrected chi connectivity index (χ1v) is 10.2. The molecule has 0 aliphatic rings. The number of para-hydroxylation sites is 1. The van der Waals surface area contributed by atoms with Gasteiger partial charge in [-0.25, -0.2) is 13.1 Å². The van der Waals surface area contributed by atoms with Gasteiger partial charge in [-0.3, -0.25) is 0 Å². The third-order valence-corrected chi connectivity index (χ3v) is 5.69. The molecule has 0 amide bonds. The van der Waals surface area contributed by atoms with E-state index in [0.717, 1.165) is 28.0 Å². The SMILES string of the molecule is COc1ccc(CCS(=O)(=O)NC(C)Cc2cc3ccccc3o2)cc1. The molecule has 5 nitrogen and oxygen atoms in total. The van der Waals surface area contributed by atoms with Gasteiger partial charge in [0.1, 0.15) is 17.1 Å². The van der Waals surface area contributed by atoms with E-state index in [1.165, 1.54) is 0 Å². The van der Waals surface area contributed by atoms with Crippen LogP contribution in [0.4, 0.5) is 0 Å². The van der Waals surface area contributed by atoms with Crippen LogP contribution in [0.15, 0.2) is 59.0 Å². The van der Waals surface area contributed by atoms with Crippen molar-refractivity contribution in [3.8, 4) is 5.75 Å². The molecule has 1 unspecified atom stereocenters. The smallest absolute Gasteiger partial charge is 0.212 e. The average Bonchev–Trinajstić information content (AvgIpc) is 3.02. The van der Waals surface area contributed by atoms with Crippen LogP contribution >= 0.6 is 0 Å². The Balaban J connectivity index is 1.55. The molecule has 0 aliphatic carbocycles. The Morgan fingerprint density at radius 3 is 2.54 bits per heavy atom. The van der Waals surface area contributed by atoms with E-state index < -0.39 is 10.0 Å². The molecule has 138 valence electrons. The lowest BCUT2D eigenvalue weighted by molar-refractivity contribution is 0.414. The summed E-state index contributed by atoms with van der Waals surface area (Å²) in [6, 6.07) is 16.9. The van der Waals surface area contributed by atoms with Crippen LogP contribution in [0.25, 0.3) is 11.0 Å². The van der Waals surface area contributed by atoms with Crippen molar-refractivity contribution in [3.05, 3.63) is 65.9 Å². The lowest BCUT2D eigenvalue weighted by Gasteiger charge is -2.13. The van der Waals surface area contributed by atoms with Gasteiger partial charge < -0.3 is 9.15 Å². The molecular formula is C20H23NO4S. The Kier molecular flexibility index (Phi) is 5.64. The molecule has 0 saturated carbocycles. The van der Waals surface area contributed by atoms with Gasteiger partial charge in [0.05, 0.1) is 12.9 Å². The normalized spacial score (nSPS) is 13.0. The summed E-state index contributed by atoms with van der Waals surface area (Å²) >= 11 is 0. The summed E-state index contributed by atoms with van der Waals surface area (Å²) in [5.41, 5.74) is 1.78. The minimum absolute atomic E-state index is 0.0454. The van der Waals surface area contributed by atoms with Gasteiger partial charge in [0.15, 0.2) is 0 Å². The summed E-state index contributed by atoms with van der Waals surface area (Å²) in [5.74, 6) is 1.58. The topological polar surface area (TPSA) is 68.5 Å². The van der Waals surface area contributed by atoms with E-state index in [9.17, 15) is 8.42 Å². The quantitative estimate of drug-likeness (QED) is 0.656. The summed E-state index contributed by atoms with van der Waals surface area (Å²) in [7, 11) is -1.76. The molecular weight excluding hydrogens is 350 g/mol. The Morgan fingerprint density at radius 1 is 1.12 bits per heavy atom. The number of hydrogen-bond acceptors (Lipinski definition) is 4. The number of ether oxygens (including phenoxy) is 1. The van der Waals surface area contributed by atoms with Gasteiger partial charge in [-0.1, -0.05) is 30.3 Å². The molecule has 0 spiro atoms. The molecule has 3 aromatic rings. The van der Waals surface area contributed by atoms with Crippen LogP contribution in [0.3, 0.4) is 0 Å². The summed E-state index contributed by atoms with van der Waals surface area (Å²) in [6.45, 7) is 1.85. The third kappa shape index (κ3) is 4.86. The van der Waals surface area contributed by atoms with Crippen molar-refractivity contribution in [3.63, 3.8) is 0 Å². The summed E-state index contributed by atoms with van der Waals surface area (Å²) < 4.78 is 38.3. The van der Waals surface area contributed by atoms with Crippen molar-refractivity contribution in [1.82, 2.24) is 4.72 Å². The maximum Gasteiger partial charge on any atom is 0.212 e. The minimum atomic E-state index is -3.37. The van der Waals surface area contributed by atoms with Crippen molar-refractivity contribution in [2.75, 3.05) is 12.9 Å². The maximum absolute atomic E-state index is 12.3. The molecule has 1 aromatic heterocycles. The van der Waals surface area contributed by atoms with Gasteiger partial charge >= 0.3 is 0 Å². The predicted molar refractivity (Wildman–Crippen MR) is 103 cm³/mol. The number of furan rings is 1. The van der Waals surface area contributed by atoms with E-state index in [1.807, 2.05) is 61.5 Å². The first-order valence-electron chi connectivity index (χ1n) is 8.55. The van der Waals surface area contributed by atoms with Crippen molar-refractivity contribution in [2.24, 2.45) is 0 Å². The highest BCUT2D eigenvalue weighted by Crippen LogP contribution is 2.20. The Labute approximate surface area is 154 Å². The van der Waals surface area contributed by atoms with Crippen LogP contribution in [-0.4, -0.2) is 27.3 Å². The minimum Gasteiger partial charge on any atom is -0.497 e. The van der Waals surface area contributed by atoms with Crippen LogP contribution in [0, 0.1) is 0 Å². The van der Waals surface area contributed by atoms with E-state index in [2.05, 4.69) is 4.72 Å². The van der Waals surface area contributed by atoms with Gasteiger partial charge in [-0.2, -0.15) is 0 Å². The molecule has 0 aliphatic heterocycles. The van der Waals surface area contributed by atoms with Gasteiger partial charge in [-0.05, 0) is 43.2 Å². The zero-order valence-corrected chi connectivity index (χ0v) is 15.8. The number of benzene rings is 2. The van der Waals surface area contributed by atoms with Crippen LogP contribution in [0.2, 0.25) is 0 Å². The standard InChI is InChI=1S/C20H23NO4S/c1-15(13-19-14-17-5-3-4-6-20(17)25-19)21-26(22,23)12-11-16-7-9-18(24-2)10-8-16/h3-10,14-15,21H,11-13H2,1-2H3. The Bertz CT molecular complexity index is 928. The molecule has 1 atom stereocenters. The van der Waals surface area contributed by atoms with Gasteiger partial charge in [0.25, 0.3) is 0 Å². The lowest BCUT2D eigenvalue weighted by Crippen LogP contribution is -2.36. The van der Waals surface area contributed by atoms with E-state index in [1.54, 1.807) is 7.11 Å². The number of sulfonamides is 1. The fourth-order valence-corrected chi connectivity index (χ4v) is 4.21. The fourth-order valence-electron chi connectivity index (χ4n) is 2.89. The maximum atomic E-state index is 12.3. The summed E-state index contributed by atoms with van der Waals surface area (Å²) in [5, 5.41) is 1.03. The average molecular weight is 373 g/mol. The molecule has 1 heterocycles. The van der Waals surface area contributed by atoms with Crippen molar-refractivity contribution < 1.29 is 17.6 Å². The molecule has 26 heavy (non-hydrogen) atoms. The molecule has 1 N–H and O–H groups in total. The predicted octanol–water partition coefficient (Wildman–Crippen LogP) is 3.53. The molecule has 0 radical (unpaired) electrons. The lowest BCUT2D eigenvalue weighted by atomic mass is 10.2. The number of aryl methyl sites for hydroxylation is 1. The Morgan fingerprint density at radius 2 is 1.85 bits per heavy atom. The highest BCUT2D eigenvalue weighted by Gasteiger charge is 2.16. The second-order valence-corrected chi connectivity index (χ2v) is 8.26. The molecule has 0 saturated heterocycles. The molecule has 2 aromatic carbocycles. The van der Waals surface area contributed by atoms with Gasteiger partial charge in [-0.15, -0.1) is 0 Å². The van der Waals surface area contributed by atoms with Crippen molar-refractivity contribution in [1.29, 1.82) is 0 Å². The van der Waals surface area contributed by atoms with Crippen LogP contribution in [-0.2, 0) is 22.9 Å². The number of rotatable bonds is 8. The molecule has 3 rings (SSSR count). The first-order chi connectivity index (χ1) is 12.4. The molecule has 0 bridgehead atoms. The van der Waals surface area contributed by atoms with Crippen molar-refractivity contribution >= 4 is 21.0 Å². The van der Waals surface area contributed by atoms with E-state index in [4.69, 9.17) is 9.15 Å². The van der Waals surface area contributed by atoms with E-state index >= 15 is 0 Å². The fraction of sp³-hybridized carbons (Fsp3) is 0.300. The number of nitrogens with one attached hydrogen (secondary N) is 1. The zero-order chi connectivity index (χ0) is 18.6. The monoisotopic (exact) mass is 373 g/mol. The van der Waals surface area contributed by atoms with Gasteiger partial charge in [0, 0.05) is 17.8 Å². The highest BCUT2D eigenvalue weighted by molar-refractivity contribution is 7.89. The second kappa shape index (κ2) is 7.93. The van der Waals surface area contributed by atoms with E-state index in [0.29, 0.717) is 12.8 Å². The molecule has 0 fully saturated rings. The summed E-state index contributed by atoms with van der Waals surface area (Å²) in [6.07, 6.45) is 0.965. The van der Waals surface area contributed by atoms with Crippen molar-refractivity contribution in [2.45, 2.75) is 25.8 Å². The number of hydrogen-bond donors (Lipinski definition) is 1. The third-order valence-electron chi connectivity index (χ3n) is 4.18. The summed E-state index contributed by atoms with van der Waals surface area (Å²) in [4.78, 5) is 0. The molecule has 6 heteroatoms. The van der Waals surface area contributed by atoms with Gasteiger partial charge in [0.2, 0.25) is 10.0 Å². The Hall–Kier alpha value is -2.31.